The lowest BCUT2D eigenvalue weighted by Crippen LogP contribution is -2.51. The summed E-state index contributed by atoms with van der Waals surface area (Å²) in [4.78, 5) is 32.1. The summed E-state index contributed by atoms with van der Waals surface area (Å²) < 4.78 is 11.4. The smallest absolute Gasteiger partial charge is 0.324 e. The molecule has 3 aliphatic heterocycles. The van der Waals surface area contributed by atoms with Crippen molar-refractivity contribution in [3.8, 4) is 5.75 Å². The van der Waals surface area contributed by atoms with E-state index >= 15 is 0 Å². The van der Waals surface area contributed by atoms with E-state index in [2.05, 4.69) is 43.8 Å². The Bertz CT molecular complexity index is 1020. The van der Waals surface area contributed by atoms with Crippen molar-refractivity contribution in [2.75, 3.05) is 49.1 Å². The van der Waals surface area contributed by atoms with E-state index in [1.54, 1.807) is 12.4 Å². The van der Waals surface area contributed by atoms with Gasteiger partial charge in [-0.1, -0.05) is 19.0 Å². The van der Waals surface area contributed by atoms with Gasteiger partial charge >= 0.3 is 6.01 Å². The third-order valence-electron chi connectivity index (χ3n) is 7.85. The number of likely N-dealkylation sites (tertiary alicyclic amines) is 1. The fourth-order valence-electron chi connectivity index (χ4n) is 5.59. The molecule has 2 aromatic rings. The number of rotatable bonds is 9. The molecule has 11 heteroatoms. The first-order valence-electron chi connectivity index (χ1n) is 13.8. The molecule has 2 unspecified atom stereocenters. The molecule has 0 saturated carbocycles. The van der Waals surface area contributed by atoms with Crippen molar-refractivity contribution in [2.24, 2.45) is 11.7 Å². The van der Waals surface area contributed by atoms with Gasteiger partial charge in [-0.05, 0) is 44.4 Å². The fourth-order valence-corrected chi connectivity index (χ4v) is 5.59. The van der Waals surface area contributed by atoms with Crippen LogP contribution in [0.25, 0.3) is 0 Å². The summed E-state index contributed by atoms with van der Waals surface area (Å²) in [6.45, 7) is 8.83. The Hall–Kier alpha value is -2.95. The summed E-state index contributed by atoms with van der Waals surface area (Å²) in [5.41, 5.74) is 6.39. The third kappa shape index (κ3) is 6.14. The van der Waals surface area contributed by atoms with Crippen LogP contribution in [-0.4, -0.2) is 82.3 Å². The molecule has 202 valence electrons. The second kappa shape index (κ2) is 11.6. The van der Waals surface area contributed by atoms with Crippen LogP contribution in [0.4, 0.5) is 12.0 Å². The molecular formula is C26H40N8O3. The first kappa shape index (κ1) is 25.7. The Labute approximate surface area is 218 Å². The summed E-state index contributed by atoms with van der Waals surface area (Å²) in [6, 6.07) is 0.599. The van der Waals surface area contributed by atoms with Crippen LogP contribution in [0.2, 0.25) is 0 Å². The average molecular weight is 513 g/mol. The number of anilines is 2. The number of carbonyl (C=O) groups is 1. The molecule has 0 aromatic carbocycles. The number of ether oxygens (including phenoxy) is 1. The van der Waals surface area contributed by atoms with Crippen molar-refractivity contribution in [3.63, 3.8) is 0 Å². The highest BCUT2D eigenvalue weighted by molar-refractivity contribution is 5.77. The number of hydrogen-bond donors (Lipinski definition) is 1. The number of hydrogen-bond acceptors (Lipinski definition) is 10. The van der Waals surface area contributed by atoms with Gasteiger partial charge in [0.15, 0.2) is 11.6 Å². The van der Waals surface area contributed by atoms with E-state index in [-0.39, 0.29) is 23.9 Å². The van der Waals surface area contributed by atoms with E-state index in [0.29, 0.717) is 49.7 Å². The Morgan fingerprint density at radius 2 is 1.89 bits per heavy atom. The molecule has 11 nitrogen and oxygen atoms in total. The van der Waals surface area contributed by atoms with Gasteiger partial charge in [0.1, 0.15) is 0 Å². The second-order valence-electron chi connectivity index (χ2n) is 10.9. The van der Waals surface area contributed by atoms with E-state index in [4.69, 9.17) is 15.0 Å². The molecule has 3 aliphatic rings. The maximum Gasteiger partial charge on any atom is 0.324 e. The number of piperidine rings is 2. The van der Waals surface area contributed by atoms with Crippen molar-refractivity contribution >= 4 is 17.9 Å². The molecule has 5 rings (SSSR count). The minimum Gasteiger partial charge on any atom is -0.490 e. The molecule has 0 spiro atoms. The van der Waals surface area contributed by atoms with Gasteiger partial charge in [-0.15, -0.1) is 0 Å². The van der Waals surface area contributed by atoms with E-state index in [1.165, 1.54) is 0 Å². The van der Waals surface area contributed by atoms with Crippen molar-refractivity contribution in [1.29, 1.82) is 0 Å². The SMILES string of the molecule is CC(C)c1noc(N2CCC(CCCOc3cnc(N4CC(N)C(N5CCCCC5=O)C4)nc3)CC2)n1. The van der Waals surface area contributed by atoms with E-state index < -0.39 is 0 Å². The summed E-state index contributed by atoms with van der Waals surface area (Å²) in [5, 5.41) is 4.08. The highest BCUT2D eigenvalue weighted by Gasteiger charge is 2.38. The number of nitrogens with two attached hydrogens (primary N) is 1. The maximum absolute atomic E-state index is 12.3. The molecular weight excluding hydrogens is 472 g/mol. The molecule has 37 heavy (non-hydrogen) atoms. The first-order valence-corrected chi connectivity index (χ1v) is 13.8. The van der Waals surface area contributed by atoms with Crippen LogP contribution in [0, 0.1) is 5.92 Å². The standard InChI is InChI=1S/C26H40N8O3/c1-18(2)24-30-26(37-31-24)32-11-8-19(9-12-32)6-5-13-36-20-14-28-25(29-15-20)33-16-21(27)22(17-33)34-10-4-3-7-23(34)35/h14-15,18-19,21-22H,3-13,16-17,27H2,1-2H3. The summed E-state index contributed by atoms with van der Waals surface area (Å²) >= 11 is 0. The molecule has 2 aromatic heterocycles. The lowest BCUT2D eigenvalue weighted by Gasteiger charge is -2.34. The van der Waals surface area contributed by atoms with Gasteiger partial charge in [-0.3, -0.25) is 4.79 Å². The zero-order valence-electron chi connectivity index (χ0n) is 22.1. The lowest BCUT2D eigenvalue weighted by atomic mass is 9.92. The predicted octanol–water partition coefficient (Wildman–Crippen LogP) is 2.59. The zero-order valence-corrected chi connectivity index (χ0v) is 22.1. The van der Waals surface area contributed by atoms with Crippen molar-refractivity contribution in [3.05, 3.63) is 18.2 Å². The lowest BCUT2D eigenvalue weighted by molar-refractivity contribution is -0.135. The van der Waals surface area contributed by atoms with Crippen LogP contribution < -0.4 is 20.3 Å². The van der Waals surface area contributed by atoms with Crippen molar-refractivity contribution in [2.45, 2.75) is 76.8 Å². The minimum absolute atomic E-state index is 0.0312. The van der Waals surface area contributed by atoms with E-state index in [0.717, 1.165) is 64.0 Å². The third-order valence-corrected chi connectivity index (χ3v) is 7.85. The summed E-state index contributed by atoms with van der Waals surface area (Å²) in [6.07, 6.45) is 10.5. The normalized spacial score (nSPS) is 23.4. The summed E-state index contributed by atoms with van der Waals surface area (Å²) in [5.74, 6) is 3.28. The second-order valence-corrected chi connectivity index (χ2v) is 10.9. The van der Waals surface area contributed by atoms with Crippen LogP contribution in [0.15, 0.2) is 16.9 Å². The van der Waals surface area contributed by atoms with Crippen LogP contribution >= 0.6 is 0 Å². The fraction of sp³-hybridized carbons (Fsp3) is 0.731. The Balaban J connectivity index is 1.01. The largest absolute Gasteiger partial charge is 0.490 e. The Morgan fingerprint density at radius 1 is 1.11 bits per heavy atom. The number of amides is 1. The summed E-state index contributed by atoms with van der Waals surface area (Å²) in [7, 11) is 0. The van der Waals surface area contributed by atoms with Crippen LogP contribution in [0.3, 0.4) is 0 Å². The molecule has 0 bridgehead atoms. The van der Waals surface area contributed by atoms with Gasteiger partial charge in [0.05, 0.1) is 25.0 Å². The molecule has 2 N–H and O–H groups in total. The molecule has 0 aliphatic carbocycles. The molecule has 2 atom stereocenters. The molecule has 1 amide bonds. The highest BCUT2D eigenvalue weighted by Crippen LogP contribution is 2.27. The first-order chi connectivity index (χ1) is 18.0. The van der Waals surface area contributed by atoms with E-state index in [9.17, 15) is 4.79 Å². The van der Waals surface area contributed by atoms with Gasteiger partial charge in [-0.2, -0.15) is 4.98 Å². The Kier molecular flexibility index (Phi) is 8.07. The van der Waals surface area contributed by atoms with Crippen molar-refractivity contribution < 1.29 is 14.1 Å². The predicted molar refractivity (Wildman–Crippen MR) is 140 cm³/mol. The topological polar surface area (TPSA) is 127 Å². The van der Waals surface area contributed by atoms with Crippen LogP contribution in [-0.2, 0) is 4.79 Å². The average Bonchev–Trinajstić information content (AvgIpc) is 3.55. The van der Waals surface area contributed by atoms with Gasteiger partial charge in [-0.25, -0.2) is 9.97 Å². The van der Waals surface area contributed by atoms with Gasteiger partial charge in [0.2, 0.25) is 11.9 Å². The quantitative estimate of drug-likeness (QED) is 0.501. The molecule has 3 fully saturated rings. The van der Waals surface area contributed by atoms with Gasteiger partial charge < -0.3 is 29.7 Å². The van der Waals surface area contributed by atoms with Gasteiger partial charge in [0, 0.05) is 51.1 Å². The van der Waals surface area contributed by atoms with Crippen LogP contribution in [0.5, 0.6) is 5.75 Å². The van der Waals surface area contributed by atoms with E-state index in [1.807, 2.05) is 4.90 Å². The van der Waals surface area contributed by atoms with Crippen LogP contribution in [0.1, 0.15) is 70.5 Å². The Morgan fingerprint density at radius 3 is 2.59 bits per heavy atom. The highest BCUT2D eigenvalue weighted by atomic mass is 16.5. The number of carbonyl (C=O) groups excluding carboxylic acids is 1. The molecule has 0 radical (unpaired) electrons. The molecule has 5 heterocycles. The minimum atomic E-state index is -0.0852. The molecule has 3 saturated heterocycles. The van der Waals surface area contributed by atoms with Gasteiger partial charge in [0.25, 0.3) is 0 Å². The monoisotopic (exact) mass is 512 g/mol. The number of nitrogens with zero attached hydrogens (tertiary/aromatic N) is 7. The zero-order chi connectivity index (χ0) is 25.8. The maximum atomic E-state index is 12.3. The number of aromatic nitrogens is 4. The van der Waals surface area contributed by atoms with Crippen molar-refractivity contribution in [1.82, 2.24) is 25.0 Å².